The van der Waals surface area contributed by atoms with Gasteiger partial charge < -0.3 is 9.47 Å². The average molecular weight is 491 g/mol. The minimum atomic E-state index is -0.138. The number of nitriles is 1. The molecule has 0 aliphatic heterocycles. The molecule has 0 aliphatic carbocycles. The highest BCUT2D eigenvalue weighted by molar-refractivity contribution is 5.87. The van der Waals surface area contributed by atoms with E-state index in [1.54, 1.807) is 0 Å². The topological polar surface area (TPSA) is 70.1 Å². The number of fused-ring (bicyclic) bond motifs is 1. The van der Waals surface area contributed by atoms with Crippen LogP contribution in [0.5, 0.6) is 0 Å². The number of aromatic nitrogens is 3. The van der Waals surface area contributed by atoms with Gasteiger partial charge in [0.25, 0.3) is 0 Å². The van der Waals surface area contributed by atoms with Crippen LogP contribution in [0.2, 0.25) is 0 Å². The number of allylic oxidation sites excluding steroid dienone is 1. The highest BCUT2D eigenvalue weighted by atomic mass is 15.1. The van der Waals surface area contributed by atoms with E-state index < -0.39 is 0 Å². The third-order valence-corrected chi connectivity index (χ3v) is 7.19. The molecule has 1 atom stereocenters. The number of aryl methyl sites for hydroxylation is 2. The van der Waals surface area contributed by atoms with Crippen molar-refractivity contribution in [2.75, 3.05) is 13.6 Å². The predicted molar refractivity (Wildman–Crippen MR) is 151 cm³/mol. The number of hydrogen-bond donors (Lipinski definition) is 0. The van der Waals surface area contributed by atoms with Gasteiger partial charge in [-0.2, -0.15) is 5.26 Å². The van der Waals surface area contributed by atoms with E-state index in [9.17, 15) is 5.26 Å². The van der Waals surface area contributed by atoms with Crippen molar-refractivity contribution in [3.63, 3.8) is 0 Å². The second kappa shape index (κ2) is 11.2. The maximum absolute atomic E-state index is 10.4. The van der Waals surface area contributed by atoms with Crippen LogP contribution < -0.4 is 0 Å². The minimum Gasteiger partial charge on any atom is -0.376 e. The van der Waals surface area contributed by atoms with E-state index in [2.05, 4.69) is 77.4 Å². The third kappa shape index (κ3) is 5.03. The Bertz CT molecular complexity index is 1490. The fraction of sp³-hybridized carbons (Fsp3) is 0.290. The molecule has 2 heterocycles. The molecule has 0 spiro atoms. The first-order valence-electron chi connectivity index (χ1n) is 12.7. The number of rotatable bonds is 9. The molecule has 4 rings (SSSR count). The maximum Gasteiger partial charge on any atom is 0.105 e. The molecule has 0 N–H and O–H groups in total. The lowest BCUT2D eigenvalue weighted by Gasteiger charge is -2.29. The summed E-state index contributed by atoms with van der Waals surface area (Å²) in [6.45, 7) is 10.8. The fourth-order valence-electron chi connectivity index (χ4n) is 4.91. The van der Waals surface area contributed by atoms with Crippen molar-refractivity contribution in [2.45, 2.75) is 39.5 Å². The summed E-state index contributed by atoms with van der Waals surface area (Å²) in [5, 5.41) is 11.3. The van der Waals surface area contributed by atoms with Gasteiger partial charge in [-0.25, -0.2) is 4.98 Å². The Morgan fingerprint density at radius 1 is 1.22 bits per heavy atom. The Morgan fingerprint density at radius 2 is 1.97 bits per heavy atom. The molecule has 0 saturated carbocycles. The van der Waals surface area contributed by atoms with E-state index in [1.165, 1.54) is 5.56 Å². The van der Waals surface area contributed by atoms with E-state index in [0.29, 0.717) is 12.0 Å². The van der Waals surface area contributed by atoms with Gasteiger partial charge in [0, 0.05) is 56.2 Å². The van der Waals surface area contributed by atoms with Crippen molar-refractivity contribution < 1.29 is 0 Å². The largest absolute Gasteiger partial charge is 0.376 e. The van der Waals surface area contributed by atoms with E-state index in [1.807, 2.05) is 50.6 Å². The Hall–Kier alpha value is -4.24. The molecule has 37 heavy (non-hydrogen) atoms. The fourth-order valence-corrected chi connectivity index (χ4v) is 4.91. The van der Waals surface area contributed by atoms with Crippen LogP contribution in [0.15, 0.2) is 71.6 Å². The summed E-state index contributed by atoms with van der Waals surface area (Å²) >= 11 is 0. The molecule has 0 radical (unpaired) electrons. The monoisotopic (exact) mass is 490 g/mol. The first-order valence-corrected chi connectivity index (χ1v) is 12.7. The van der Waals surface area contributed by atoms with Crippen molar-refractivity contribution >= 4 is 17.6 Å². The molecule has 0 aliphatic rings. The highest BCUT2D eigenvalue weighted by Crippen LogP contribution is 2.36. The van der Waals surface area contributed by atoms with Gasteiger partial charge in [0.1, 0.15) is 11.9 Å². The molecule has 4 aromatic rings. The highest BCUT2D eigenvalue weighted by Gasteiger charge is 2.26. The Balaban J connectivity index is 1.97. The zero-order valence-corrected chi connectivity index (χ0v) is 22.4. The van der Waals surface area contributed by atoms with Gasteiger partial charge in [-0.3, -0.25) is 9.98 Å². The first-order chi connectivity index (χ1) is 17.9. The van der Waals surface area contributed by atoms with Crippen LogP contribution >= 0.6 is 0 Å². The van der Waals surface area contributed by atoms with Crippen LogP contribution in [-0.2, 0) is 19.9 Å². The van der Waals surface area contributed by atoms with E-state index in [0.717, 1.165) is 57.9 Å². The SMILES string of the molecule is C=N/C=C(/C(c1ccc2nc(CC)c(Cc3ccccc3)c(C#N)c2c1)c1cnc(C)n1C)N(C)CC. The standard InChI is InChI=1S/C31H34N6/c1-7-27-24(16-22-12-10-9-11-13-22)26(18-32)25-17-23(14-15-28(25)35-27)31(29(19-33-4)36(5)8-2)30-20-34-21(3)37(30)6/h9-15,17,19-20,31H,4,7-8,16H2,1-3,5-6H3/b29-19-. The molecule has 1 unspecified atom stereocenters. The molecule has 0 amide bonds. The number of benzene rings is 2. The van der Waals surface area contributed by atoms with Crippen molar-refractivity contribution in [1.29, 1.82) is 5.26 Å². The smallest absolute Gasteiger partial charge is 0.105 e. The van der Waals surface area contributed by atoms with Crippen LogP contribution in [0.1, 0.15) is 59.2 Å². The number of imidazole rings is 1. The predicted octanol–water partition coefficient (Wildman–Crippen LogP) is 5.93. The van der Waals surface area contributed by atoms with Crippen LogP contribution in [0.4, 0.5) is 0 Å². The van der Waals surface area contributed by atoms with Gasteiger partial charge in [-0.05, 0) is 55.8 Å². The third-order valence-electron chi connectivity index (χ3n) is 7.19. The second-order valence-corrected chi connectivity index (χ2v) is 9.29. The molecular weight excluding hydrogens is 456 g/mol. The molecule has 2 aromatic heterocycles. The lowest BCUT2D eigenvalue weighted by molar-refractivity contribution is 0.413. The lowest BCUT2D eigenvalue weighted by atomic mass is 9.88. The summed E-state index contributed by atoms with van der Waals surface area (Å²) < 4.78 is 2.11. The van der Waals surface area contributed by atoms with Crippen LogP contribution in [0.3, 0.4) is 0 Å². The van der Waals surface area contributed by atoms with Gasteiger partial charge in [-0.15, -0.1) is 0 Å². The second-order valence-electron chi connectivity index (χ2n) is 9.29. The van der Waals surface area contributed by atoms with E-state index in [-0.39, 0.29) is 5.92 Å². The number of pyridine rings is 1. The van der Waals surface area contributed by atoms with E-state index >= 15 is 0 Å². The minimum absolute atomic E-state index is 0.138. The Labute approximate surface area is 219 Å². The normalized spacial score (nSPS) is 12.4. The first kappa shape index (κ1) is 25.8. The summed E-state index contributed by atoms with van der Waals surface area (Å²) in [7, 11) is 4.09. The number of likely N-dealkylation sites (N-methyl/N-ethyl adjacent to an activating group) is 1. The number of hydrogen-bond acceptors (Lipinski definition) is 5. The lowest BCUT2D eigenvalue weighted by Crippen LogP contribution is -2.24. The zero-order valence-electron chi connectivity index (χ0n) is 22.4. The van der Waals surface area contributed by atoms with E-state index in [4.69, 9.17) is 4.98 Å². The summed E-state index contributed by atoms with van der Waals surface area (Å²) in [5.41, 5.74) is 7.80. The summed E-state index contributed by atoms with van der Waals surface area (Å²) in [6.07, 6.45) is 5.19. The zero-order chi connectivity index (χ0) is 26.5. The average Bonchev–Trinajstić information content (AvgIpc) is 3.25. The number of nitrogens with zero attached hydrogens (tertiary/aromatic N) is 6. The van der Waals surface area contributed by atoms with Crippen molar-refractivity contribution in [3.8, 4) is 6.07 Å². The molecule has 188 valence electrons. The molecular formula is C31H34N6. The van der Waals surface area contributed by atoms with Crippen LogP contribution in [0.25, 0.3) is 10.9 Å². The van der Waals surface area contributed by atoms with Gasteiger partial charge >= 0.3 is 0 Å². The van der Waals surface area contributed by atoms with Crippen LogP contribution in [-0.4, -0.2) is 39.7 Å². The quantitative estimate of drug-likeness (QED) is 0.273. The molecule has 2 aromatic carbocycles. The van der Waals surface area contributed by atoms with Gasteiger partial charge in [0.2, 0.25) is 0 Å². The van der Waals surface area contributed by atoms with Gasteiger partial charge in [0.15, 0.2) is 0 Å². The van der Waals surface area contributed by atoms with Crippen molar-refractivity contribution in [3.05, 3.63) is 106 Å². The summed E-state index contributed by atoms with van der Waals surface area (Å²) in [6, 6.07) is 19.1. The van der Waals surface area contributed by atoms with Crippen molar-refractivity contribution in [1.82, 2.24) is 19.4 Å². The summed E-state index contributed by atoms with van der Waals surface area (Å²) in [5.74, 6) is 0.795. The molecule has 6 heteroatoms. The number of aliphatic imine (C=N–C) groups is 1. The van der Waals surface area contributed by atoms with Gasteiger partial charge in [-0.1, -0.05) is 43.3 Å². The Morgan fingerprint density at radius 3 is 2.57 bits per heavy atom. The molecule has 0 bridgehead atoms. The Kier molecular flexibility index (Phi) is 7.83. The van der Waals surface area contributed by atoms with Crippen LogP contribution in [0, 0.1) is 18.3 Å². The molecule has 0 saturated heterocycles. The van der Waals surface area contributed by atoms with Crippen molar-refractivity contribution in [2.24, 2.45) is 12.0 Å². The van der Waals surface area contributed by atoms with Gasteiger partial charge in [0.05, 0.1) is 22.7 Å². The molecule has 6 nitrogen and oxygen atoms in total. The summed E-state index contributed by atoms with van der Waals surface area (Å²) in [4.78, 5) is 15.9. The maximum atomic E-state index is 10.4. The molecule has 0 fully saturated rings.